The average Bonchev–Trinajstić information content (AvgIpc) is 2.97. The summed E-state index contributed by atoms with van der Waals surface area (Å²) >= 11 is 13.1. The summed E-state index contributed by atoms with van der Waals surface area (Å²) in [4.78, 5) is 22.5. The number of aromatic nitrogens is 2. The Hall–Kier alpha value is -3.77. The van der Waals surface area contributed by atoms with Crippen molar-refractivity contribution in [3.63, 3.8) is 0 Å². The highest BCUT2D eigenvalue weighted by Crippen LogP contribution is 2.44. The van der Waals surface area contributed by atoms with Crippen molar-refractivity contribution in [1.82, 2.24) is 9.97 Å². The van der Waals surface area contributed by atoms with Gasteiger partial charge in [-0.05, 0) is 30.7 Å². The molecule has 3 N–H and O–H groups in total. The molecule has 2 unspecified atom stereocenters. The van der Waals surface area contributed by atoms with Crippen LogP contribution >= 0.6 is 23.2 Å². The van der Waals surface area contributed by atoms with Gasteiger partial charge in [0.2, 0.25) is 12.3 Å². The highest BCUT2D eigenvalue weighted by Gasteiger charge is 2.23. The van der Waals surface area contributed by atoms with Crippen LogP contribution in [0.25, 0.3) is 0 Å². The van der Waals surface area contributed by atoms with Gasteiger partial charge < -0.3 is 39.8 Å². The van der Waals surface area contributed by atoms with Crippen molar-refractivity contribution in [2.24, 2.45) is 0 Å². The molecule has 1 amide bonds. The van der Waals surface area contributed by atoms with Crippen molar-refractivity contribution >= 4 is 57.8 Å². The first-order valence-corrected chi connectivity index (χ1v) is 12.7. The molecule has 0 aliphatic rings. The molecular formula is C27H32Cl2N6O5. The smallest absolute Gasteiger partial charge is 0.247 e. The van der Waals surface area contributed by atoms with Gasteiger partial charge in [0.05, 0.1) is 37.4 Å². The Morgan fingerprint density at radius 1 is 1.00 bits per heavy atom. The Labute approximate surface area is 243 Å². The van der Waals surface area contributed by atoms with E-state index in [4.69, 9.17) is 42.1 Å². The van der Waals surface area contributed by atoms with E-state index in [2.05, 4.69) is 32.5 Å². The van der Waals surface area contributed by atoms with E-state index in [1.807, 2.05) is 25.1 Å². The summed E-state index contributed by atoms with van der Waals surface area (Å²) in [6.45, 7) is 5.44. The maximum absolute atomic E-state index is 12.1. The van der Waals surface area contributed by atoms with Gasteiger partial charge in [0.1, 0.15) is 39.5 Å². The molecule has 0 saturated heterocycles. The van der Waals surface area contributed by atoms with E-state index in [1.165, 1.54) is 33.7 Å². The van der Waals surface area contributed by atoms with Crippen LogP contribution in [0.1, 0.15) is 18.6 Å². The number of halogens is 2. The fourth-order valence-corrected chi connectivity index (χ4v) is 4.27. The number of nitrogens with one attached hydrogen (secondary N) is 3. The molecule has 11 nitrogen and oxygen atoms in total. The number of ether oxygens (including phenoxy) is 4. The van der Waals surface area contributed by atoms with E-state index in [0.717, 1.165) is 5.56 Å². The van der Waals surface area contributed by atoms with Crippen LogP contribution in [0, 0.1) is 0 Å². The number of carbonyl (C=O) groups excluding carboxylic acids is 1. The topological polar surface area (TPSA) is 119 Å². The molecule has 2 aromatic carbocycles. The fourth-order valence-electron chi connectivity index (χ4n) is 3.66. The van der Waals surface area contributed by atoms with Crippen molar-refractivity contribution in [2.75, 3.05) is 56.3 Å². The van der Waals surface area contributed by atoms with Gasteiger partial charge in [-0.25, -0.2) is 9.97 Å². The normalized spacial score (nSPS) is 12.2. The first-order valence-electron chi connectivity index (χ1n) is 12.0. The summed E-state index contributed by atoms with van der Waals surface area (Å²) in [6, 6.07) is 8.86. The van der Waals surface area contributed by atoms with Gasteiger partial charge in [0.25, 0.3) is 0 Å². The zero-order chi connectivity index (χ0) is 29.4. The van der Waals surface area contributed by atoms with Crippen LogP contribution in [0.4, 0.5) is 28.7 Å². The first kappa shape index (κ1) is 30.8. The number of amides is 1. The number of hydrogen-bond acceptors (Lipinski definition) is 10. The van der Waals surface area contributed by atoms with Gasteiger partial charge in [-0.3, -0.25) is 4.79 Å². The van der Waals surface area contributed by atoms with Crippen LogP contribution < -0.4 is 30.3 Å². The van der Waals surface area contributed by atoms with E-state index >= 15 is 0 Å². The summed E-state index contributed by atoms with van der Waals surface area (Å²) < 4.78 is 21.8. The number of nitrogens with zero attached hydrogens (tertiary/aromatic N) is 3. The van der Waals surface area contributed by atoms with Gasteiger partial charge in [0, 0.05) is 33.4 Å². The van der Waals surface area contributed by atoms with Crippen molar-refractivity contribution in [3.05, 3.63) is 64.9 Å². The highest BCUT2D eigenvalue weighted by atomic mass is 35.5. The highest BCUT2D eigenvalue weighted by molar-refractivity contribution is 6.41. The van der Waals surface area contributed by atoms with Gasteiger partial charge in [-0.15, -0.1) is 0 Å². The van der Waals surface area contributed by atoms with E-state index in [-0.39, 0.29) is 22.1 Å². The predicted molar refractivity (Wildman–Crippen MR) is 158 cm³/mol. The Morgan fingerprint density at radius 2 is 1.68 bits per heavy atom. The van der Waals surface area contributed by atoms with Gasteiger partial charge in [-0.2, -0.15) is 0 Å². The number of benzene rings is 2. The van der Waals surface area contributed by atoms with Crippen molar-refractivity contribution in [2.45, 2.75) is 19.4 Å². The Balaban J connectivity index is 1.90. The molecule has 40 heavy (non-hydrogen) atoms. The van der Waals surface area contributed by atoms with Crippen LogP contribution in [0.2, 0.25) is 10.0 Å². The van der Waals surface area contributed by atoms with E-state index in [0.29, 0.717) is 40.2 Å². The molecular weight excluding hydrogens is 559 g/mol. The molecule has 0 spiro atoms. The second-order valence-corrected chi connectivity index (χ2v) is 9.15. The number of methoxy groups -OCH3 is 4. The zero-order valence-electron chi connectivity index (χ0n) is 23.0. The number of carbonyl (C=O) groups is 1. The summed E-state index contributed by atoms with van der Waals surface area (Å²) in [7, 11) is 7.89. The molecule has 3 rings (SSSR count). The molecule has 0 aliphatic carbocycles. The minimum Gasteiger partial charge on any atom is -0.495 e. The van der Waals surface area contributed by atoms with E-state index in [9.17, 15) is 4.79 Å². The quantitative estimate of drug-likeness (QED) is 0.165. The third kappa shape index (κ3) is 7.05. The molecule has 0 saturated carbocycles. The molecule has 0 radical (unpaired) electrons. The number of hydrogen-bond donors (Lipinski definition) is 3. The van der Waals surface area contributed by atoms with Gasteiger partial charge >= 0.3 is 0 Å². The Kier molecular flexibility index (Phi) is 10.8. The molecule has 0 fully saturated rings. The Bertz CT molecular complexity index is 1330. The van der Waals surface area contributed by atoms with Crippen LogP contribution in [0.5, 0.6) is 11.5 Å². The average molecular weight is 591 g/mol. The van der Waals surface area contributed by atoms with Gasteiger partial charge in [-0.1, -0.05) is 35.8 Å². The molecule has 0 aliphatic heterocycles. The third-order valence-corrected chi connectivity index (χ3v) is 6.75. The summed E-state index contributed by atoms with van der Waals surface area (Å²) in [5, 5.41) is 9.74. The lowest BCUT2D eigenvalue weighted by atomic mass is 10.1. The summed E-state index contributed by atoms with van der Waals surface area (Å²) in [5.74, 6) is 1.37. The standard InChI is InChI=1S/C27H32Cl2N6O5/c1-8-23(36)33-18-11-16(15(2)37-4)9-10-17(18)32-21-13-22(31-14-30-21)35(3)27(40-7)34-26-24(28)19(38-5)12-20(39-6)25(26)29/h8-15,27,34H,1H2,2-7H3,(H,33,36)(H,30,31,32). The second kappa shape index (κ2) is 14.0. The molecule has 0 bridgehead atoms. The fraction of sp³-hybridized carbons (Fsp3) is 0.296. The summed E-state index contributed by atoms with van der Waals surface area (Å²) in [6.07, 6.45) is 1.67. The SMILES string of the molecule is C=CC(=O)Nc1cc(C(C)OC)ccc1Nc1cc(N(C)C(Nc2c(Cl)c(OC)cc(OC)c2Cl)OC)ncn1. The second-order valence-electron chi connectivity index (χ2n) is 8.39. The molecule has 3 aromatic rings. The minimum absolute atomic E-state index is 0.169. The number of rotatable bonds is 13. The molecule has 13 heteroatoms. The molecule has 1 aromatic heterocycles. The van der Waals surface area contributed by atoms with Crippen LogP contribution in [-0.4, -0.2) is 57.7 Å². The van der Waals surface area contributed by atoms with Gasteiger partial charge in [0.15, 0.2) is 0 Å². The number of anilines is 5. The van der Waals surface area contributed by atoms with E-state index < -0.39 is 6.35 Å². The lowest BCUT2D eigenvalue weighted by Gasteiger charge is -2.30. The van der Waals surface area contributed by atoms with Crippen molar-refractivity contribution < 1.29 is 23.7 Å². The maximum atomic E-state index is 12.1. The molecule has 2 atom stereocenters. The monoisotopic (exact) mass is 590 g/mol. The lowest BCUT2D eigenvalue weighted by Crippen LogP contribution is -2.40. The largest absolute Gasteiger partial charge is 0.495 e. The minimum atomic E-state index is -0.758. The first-order chi connectivity index (χ1) is 19.2. The predicted octanol–water partition coefficient (Wildman–Crippen LogP) is 5.85. The van der Waals surface area contributed by atoms with Crippen LogP contribution in [0.15, 0.2) is 49.3 Å². The summed E-state index contributed by atoms with van der Waals surface area (Å²) in [5.41, 5.74) is 2.39. The van der Waals surface area contributed by atoms with Crippen LogP contribution in [-0.2, 0) is 14.3 Å². The van der Waals surface area contributed by atoms with E-state index in [1.54, 1.807) is 31.2 Å². The Morgan fingerprint density at radius 3 is 2.25 bits per heavy atom. The lowest BCUT2D eigenvalue weighted by molar-refractivity contribution is -0.111. The molecule has 1 heterocycles. The van der Waals surface area contributed by atoms with Crippen molar-refractivity contribution in [1.29, 1.82) is 0 Å². The maximum Gasteiger partial charge on any atom is 0.247 e. The van der Waals surface area contributed by atoms with Crippen LogP contribution in [0.3, 0.4) is 0 Å². The molecule has 214 valence electrons. The van der Waals surface area contributed by atoms with Crippen molar-refractivity contribution in [3.8, 4) is 11.5 Å². The third-order valence-electron chi connectivity index (χ3n) is 6.00. The zero-order valence-corrected chi connectivity index (χ0v) is 24.6.